The molecular weight excluding hydrogens is 599 g/mol. The van der Waals surface area contributed by atoms with E-state index in [1.54, 1.807) is 0 Å². The van der Waals surface area contributed by atoms with E-state index in [1.165, 1.54) is 27.4 Å². The lowest BCUT2D eigenvalue weighted by Crippen LogP contribution is -2.09. The Morgan fingerprint density at radius 1 is 0.531 bits per heavy atom. The van der Waals surface area contributed by atoms with Crippen LogP contribution in [0, 0.1) is 0 Å². The molecule has 0 amide bonds. The van der Waals surface area contributed by atoms with Crippen LogP contribution in [0.2, 0.25) is 0 Å². The molecule has 49 heavy (non-hydrogen) atoms. The summed E-state index contributed by atoms with van der Waals surface area (Å²) in [6.07, 6.45) is 0. The summed E-state index contributed by atoms with van der Waals surface area (Å²) in [7, 11) is 0. The summed E-state index contributed by atoms with van der Waals surface area (Å²) in [4.78, 5) is 2.34. The van der Waals surface area contributed by atoms with Crippen molar-refractivity contribution in [2.24, 2.45) is 0 Å². The fraction of sp³-hybridized carbons (Fsp3) is 0.0222. The summed E-state index contributed by atoms with van der Waals surface area (Å²) in [5.41, 5.74) is 13.5. The predicted octanol–water partition coefficient (Wildman–Crippen LogP) is 12.3. The number of rotatable bonds is 5. The first-order valence-corrected chi connectivity index (χ1v) is 16.7. The van der Waals surface area contributed by atoms with E-state index >= 15 is 0 Å². The van der Waals surface area contributed by atoms with E-state index in [0.29, 0.717) is 0 Å². The number of fused-ring (bicyclic) bond motifs is 8. The molecule has 1 aliphatic rings. The van der Waals surface area contributed by atoms with Crippen molar-refractivity contribution in [1.82, 2.24) is 4.57 Å². The van der Waals surface area contributed by atoms with Crippen LogP contribution in [0.5, 0.6) is 0 Å². The van der Waals surface area contributed by atoms with Crippen molar-refractivity contribution in [2.45, 2.75) is 6.54 Å². The molecule has 0 bridgehead atoms. The van der Waals surface area contributed by atoms with Crippen molar-refractivity contribution in [2.75, 3.05) is 10.2 Å². The van der Waals surface area contributed by atoms with Crippen molar-refractivity contribution >= 4 is 55.5 Å². The molecule has 4 heteroatoms. The average molecular weight is 630 g/mol. The van der Waals surface area contributed by atoms with Crippen LogP contribution in [-0.2, 0) is 6.54 Å². The van der Waals surface area contributed by atoms with Gasteiger partial charge in [0.25, 0.3) is 0 Å². The Balaban J connectivity index is 1.10. The Bertz CT molecular complexity index is 2650. The van der Waals surface area contributed by atoms with Crippen LogP contribution in [0.3, 0.4) is 0 Å². The Morgan fingerprint density at radius 3 is 2.06 bits per heavy atom. The second-order valence-electron chi connectivity index (χ2n) is 12.6. The maximum absolute atomic E-state index is 6.48. The number of anilines is 4. The molecule has 10 rings (SSSR count). The third kappa shape index (κ3) is 4.38. The topological polar surface area (TPSA) is 33.3 Å². The third-order valence-corrected chi connectivity index (χ3v) is 9.81. The molecule has 9 aromatic rings. The van der Waals surface area contributed by atoms with Gasteiger partial charge in [-0.1, -0.05) is 103 Å². The average Bonchev–Trinajstić information content (AvgIpc) is 3.72. The van der Waals surface area contributed by atoms with Crippen molar-refractivity contribution in [1.29, 1.82) is 0 Å². The van der Waals surface area contributed by atoms with Gasteiger partial charge in [0.1, 0.15) is 5.58 Å². The predicted molar refractivity (Wildman–Crippen MR) is 203 cm³/mol. The van der Waals surface area contributed by atoms with Crippen molar-refractivity contribution in [3.63, 3.8) is 0 Å². The van der Waals surface area contributed by atoms with Crippen LogP contribution in [0.4, 0.5) is 22.7 Å². The zero-order valence-electron chi connectivity index (χ0n) is 26.7. The first-order valence-electron chi connectivity index (χ1n) is 16.7. The third-order valence-electron chi connectivity index (χ3n) is 9.81. The van der Waals surface area contributed by atoms with Crippen LogP contribution in [-0.4, -0.2) is 4.57 Å². The molecule has 0 unspecified atom stereocenters. The molecule has 3 heterocycles. The van der Waals surface area contributed by atoms with Crippen LogP contribution in [0.25, 0.3) is 60.9 Å². The molecule has 4 nitrogen and oxygen atoms in total. The highest BCUT2D eigenvalue weighted by Crippen LogP contribution is 2.47. The van der Waals surface area contributed by atoms with Gasteiger partial charge in [0, 0.05) is 45.6 Å². The smallest absolute Gasteiger partial charge is 0.158 e. The van der Waals surface area contributed by atoms with E-state index in [1.807, 2.05) is 0 Å². The molecule has 0 spiro atoms. The van der Waals surface area contributed by atoms with Gasteiger partial charge in [0.2, 0.25) is 0 Å². The number of benzene rings is 7. The highest BCUT2D eigenvalue weighted by Gasteiger charge is 2.25. The van der Waals surface area contributed by atoms with Crippen molar-refractivity contribution in [3.8, 4) is 28.1 Å². The van der Waals surface area contributed by atoms with Gasteiger partial charge in [-0.3, -0.25) is 0 Å². The molecule has 7 aromatic carbocycles. The first-order chi connectivity index (χ1) is 24.3. The molecule has 0 saturated carbocycles. The van der Waals surface area contributed by atoms with Gasteiger partial charge in [-0.25, -0.2) is 0 Å². The fourth-order valence-electron chi connectivity index (χ4n) is 7.60. The van der Waals surface area contributed by atoms with E-state index in [9.17, 15) is 0 Å². The summed E-state index contributed by atoms with van der Waals surface area (Å²) < 4.78 is 8.84. The minimum Gasteiger partial charge on any atom is -0.454 e. The second kappa shape index (κ2) is 11.0. The van der Waals surface area contributed by atoms with Gasteiger partial charge in [-0.05, 0) is 83.4 Å². The summed E-state index contributed by atoms with van der Waals surface area (Å²) in [6.45, 7) is 0.783. The number of nitrogens with one attached hydrogen (secondary N) is 1. The van der Waals surface area contributed by atoms with Crippen LogP contribution < -0.4 is 10.2 Å². The first kappa shape index (κ1) is 27.6. The highest BCUT2D eigenvalue weighted by molar-refractivity contribution is 6.11. The Morgan fingerprint density at radius 2 is 1.20 bits per heavy atom. The minimum atomic E-state index is 0.783. The molecule has 1 aliphatic heterocycles. The monoisotopic (exact) mass is 629 g/mol. The normalized spacial score (nSPS) is 12.2. The Hall–Kier alpha value is -6.52. The number of furan rings is 1. The van der Waals surface area contributed by atoms with E-state index in [0.717, 1.165) is 68.4 Å². The zero-order chi connectivity index (χ0) is 32.3. The van der Waals surface area contributed by atoms with Gasteiger partial charge in [0.05, 0.1) is 22.1 Å². The maximum atomic E-state index is 6.48. The van der Waals surface area contributed by atoms with Gasteiger partial charge in [0.15, 0.2) is 5.76 Å². The Kier molecular flexibility index (Phi) is 6.21. The summed E-state index contributed by atoms with van der Waals surface area (Å²) in [6, 6.07) is 60.5. The van der Waals surface area contributed by atoms with Crippen LogP contribution in [0.1, 0.15) is 5.56 Å². The molecule has 0 saturated heterocycles. The second-order valence-corrected chi connectivity index (χ2v) is 12.6. The summed E-state index contributed by atoms with van der Waals surface area (Å²) in [5, 5.41) is 7.24. The van der Waals surface area contributed by atoms with Crippen molar-refractivity contribution < 1.29 is 4.42 Å². The summed E-state index contributed by atoms with van der Waals surface area (Å²) in [5.74, 6) is 0.917. The molecular formula is C45H31N3O. The molecule has 1 N–H and O–H groups in total. The minimum absolute atomic E-state index is 0.783. The largest absolute Gasteiger partial charge is 0.454 e. The van der Waals surface area contributed by atoms with E-state index in [4.69, 9.17) is 4.42 Å². The molecule has 2 aromatic heterocycles. The van der Waals surface area contributed by atoms with Crippen LogP contribution >= 0.6 is 0 Å². The molecule has 0 radical (unpaired) electrons. The lowest BCUT2D eigenvalue weighted by molar-refractivity contribution is 0.629. The number of nitrogens with zero attached hydrogens (tertiary/aromatic N) is 2. The quantitative estimate of drug-likeness (QED) is 0.206. The Labute approximate surface area is 284 Å². The fourth-order valence-corrected chi connectivity index (χ4v) is 7.60. The van der Waals surface area contributed by atoms with Crippen LogP contribution in [0.15, 0.2) is 174 Å². The van der Waals surface area contributed by atoms with Gasteiger partial charge >= 0.3 is 0 Å². The number of aromatic nitrogens is 1. The standard InChI is InChI=1S/C45H31N3O/c1-3-13-32(14-4-1)47(35-26-27-41-39(28-35)38-18-9-10-20-40(38)48(41)33-15-5-2-6-16-33)34-24-22-30(23-25-34)36-19-11-21-42-43(36)44-45(49-42)37-17-8-7-12-31(37)29-46-44/h1-28,46H,29H2. The van der Waals surface area contributed by atoms with Gasteiger partial charge in [-0.15, -0.1) is 0 Å². The highest BCUT2D eigenvalue weighted by atomic mass is 16.3. The van der Waals surface area contributed by atoms with Crippen molar-refractivity contribution in [3.05, 3.63) is 175 Å². The maximum Gasteiger partial charge on any atom is 0.158 e. The lowest BCUT2D eigenvalue weighted by Gasteiger charge is -2.26. The zero-order valence-corrected chi connectivity index (χ0v) is 26.7. The lowest BCUT2D eigenvalue weighted by atomic mass is 9.96. The molecule has 0 aliphatic carbocycles. The van der Waals surface area contributed by atoms with Gasteiger partial charge < -0.3 is 19.2 Å². The molecule has 0 fully saturated rings. The number of hydrogen-bond donors (Lipinski definition) is 1. The van der Waals surface area contributed by atoms with E-state index < -0.39 is 0 Å². The number of para-hydroxylation sites is 3. The van der Waals surface area contributed by atoms with E-state index in [-0.39, 0.29) is 0 Å². The molecule has 232 valence electrons. The molecule has 0 atom stereocenters. The number of hydrogen-bond acceptors (Lipinski definition) is 3. The van der Waals surface area contributed by atoms with E-state index in [2.05, 4.69) is 185 Å². The van der Waals surface area contributed by atoms with Gasteiger partial charge in [-0.2, -0.15) is 0 Å². The SMILES string of the molecule is c1ccc(N(c2ccc(-c3cccc4oc5c(c34)NCc3ccccc3-5)cc2)c2ccc3c(c2)c2ccccc2n3-c2ccccc2)cc1. The summed E-state index contributed by atoms with van der Waals surface area (Å²) >= 11 is 0.